The minimum Gasteiger partial charge on any atom is -0.496 e. The van der Waals surface area contributed by atoms with Crippen LogP contribution in [0, 0.1) is 10.1 Å². The fourth-order valence-corrected chi connectivity index (χ4v) is 3.60. The molecule has 0 N–H and O–H groups in total. The Hall–Kier alpha value is -2.66. The number of nitro groups is 1. The quantitative estimate of drug-likeness (QED) is 0.532. The van der Waals surface area contributed by atoms with Crippen molar-refractivity contribution in [3.05, 3.63) is 46.5 Å². The molecule has 0 saturated carbocycles. The first-order chi connectivity index (χ1) is 11.9. The summed E-state index contributed by atoms with van der Waals surface area (Å²) in [6, 6.07) is 7.05. The zero-order valence-corrected chi connectivity index (χ0v) is 15.6. The molecule has 0 atom stereocenters. The molecule has 0 aliphatic rings. The van der Waals surface area contributed by atoms with Crippen LogP contribution < -0.4 is 9.47 Å². The van der Waals surface area contributed by atoms with E-state index in [4.69, 9.17) is 9.47 Å². The van der Waals surface area contributed by atoms with Gasteiger partial charge in [-0.2, -0.15) is 0 Å². The average Bonchev–Trinajstić information content (AvgIpc) is 2.53. The van der Waals surface area contributed by atoms with Crippen LogP contribution in [-0.2, 0) is 19.7 Å². The van der Waals surface area contributed by atoms with Crippen LogP contribution in [0.3, 0.4) is 0 Å². The van der Waals surface area contributed by atoms with Gasteiger partial charge in [-0.3, -0.25) is 10.1 Å². The molecule has 0 fully saturated rings. The van der Waals surface area contributed by atoms with E-state index in [0.29, 0.717) is 0 Å². The van der Waals surface area contributed by atoms with Gasteiger partial charge in [0.05, 0.1) is 23.0 Å². The summed E-state index contributed by atoms with van der Waals surface area (Å²) in [5, 5.41) is 11.2. The average molecular weight is 401 g/mol. The molecule has 0 aliphatic heterocycles. The number of hydrogen-bond acceptors (Lipinski definition) is 8. The maximum absolute atomic E-state index is 12.0. The smallest absolute Gasteiger partial charge is 0.315 e. The van der Waals surface area contributed by atoms with Gasteiger partial charge in [0.15, 0.2) is 19.7 Å². The zero-order chi connectivity index (χ0) is 19.7. The van der Waals surface area contributed by atoms with E-state index in [-0.39, 0.29) is 22.1 Å². The lowest BCUT2D eigenvalue weighted by atomic mass is 10.2. The second-order valence-corrected chi connectivity index (χ2v) is 9.35. The van der Waals surface area contributed by atoms with E-state index >= 15 is 0 Å². The summed E-state index contributed by atoms with van der Waals surface area (Å²) in [5.41, 5.74) is -0.434. The summed E-state index contributed by atoms with van der Waals surface area (Å²) in [5.74, 6) is -0.221. The number of sulfone groups is 2. The SMILES string of the molecule is COc1ccc(Oc2ccc(S(C)(=O)=O)cc2S(C)(=O)=O)c([N+](=O)[O-])c1. The molecule has 0 radical (unpaired) electrons. The Balaban J connectivity index is 2.62. The standard InChI is InChI=1S/C15H15NO8S2/c1-23-10-4-6-13(12(8-10)16(17)18)24-14-7-5-11(25(2,19)20)9-15(14)26(3,21)22/h4-9H,1-3H3. The molecular weight excluding hydrogens is 386 g/mol. The normalized spacial score (nSPS) is 11.8. The molecule has 0 bridgehead atoms. The molecular formula is C15H15NO8S2. The van der Waals surface area contributed by atoms with Gasteiger partial charge in [-0.1, -0.05) is 0 Å². The molecule has 26 heavy (non-hydrogen) atoms. The van der Waals surface area contributed by atoms with Gasteiger partial charge in [-0.15, -0.1) is 0 Å². The molecule has 0 heterocycles. The Bertz CT molecular complexity index is 1070. The van der Waals surface area contributed by atoms with Gasteiger partial charge in [0.1, 0.15) is 16.4 Å². The van der Waals surface area contributed by atoms with Crippen LogP contribution in [0.1, 0.15) is 0 Å². The van der Waals surface area contributed by atoms with Crippen molar-refractivity contribution in [2.45, 2.75) is 9.79 Å². The maximum Gasteiger partial charge on any atom is 0.315 e. The van der Waals surface area contributed by atoms with Crippen molar-refractivity contribution in [2.75, 3.05) is 19.6 Å². The molecule has 0 unspecified atom stereocenters. The zero-order valence-electron chi connectivity index (χ0n) is 14.0. The van der Waals surface area contributed by atoms with Crippen LogP contribution in [0.4, 0.5) is 5.69 Å². The van der Waals surface area contributed by atoms with Crippen LogP contribution in [0.2, 0.25) is 0 Å². The summed E-state index contributed by atoms with van der Waals surface area (Å²) in [7, 11) is -6.18. The van der Waals surface area contributed by atoms with Gasteiger partial charge in [0.2, 0.25) is 5.75 Å². The molecule has 9 nitrogen and oxygen atoms in total. The lowest BCUT2D eigenvalue weighted by Gasteiger charge is -2.12. The fraction of sp³-hybridized carbons (Fsp3) is 0.200. The Labute approximate surface area is 150 Å². The Morgan fingerprint density at radius 2 is 1.54 bits per heavy atom. The molecule has 11 heteroatoms. The minimum atomic E-state index is -3.87. The second-order valence-electron chi connectivity index (χ2n) is 5.35. The third kappa shape index (κ3) is 4.29. The largest absolute Gasteiger partial charge is 0.496 e. The van der Waals surface area contributed by atoms with Crippen molar-refractivity contribution in [2.24, 2.45) is 0 Å². The highest BCUT2D eigenvalue weighted by Gasteiger charge is 2.23. The Morgan fingerprint density at radius 1 is 0.923 bits per heavy atom. The van der Waals surface area contributed by atoms with Crippen molar-refractivity contribution in [3.8, 4) is 17.2 Å². The van der Waals surface area contributed by atoms with Crippen molar-refractivity contribution in [3.63, 3.8) is 0 Å². The van der Waals surface area contributed by atoms with E-state index in [2.05, 4.69) is 0 Å². The molecule has 0 aliphatic carbocycles. The van der Waals surface area contributed by atoms with Crippen LogP contribution in [0.15, 0.2) is 46.2 Å². The van der Waals surface area contributed by atoms with Gasteiger partial charge >= 0.3 is 5.69 Å². The minimum absolute atomic E-state index is 0.213. The third-order valence-corrected chi connectivity index (χ3v) is 5.55. The van der Waals surface area contributed by atoms with Gasteiger partial charge < -0.3 is 9.47 Å². The fourth-order valence-electron chi connectivity index (χ4n) is 2.06. The molecule has 2 aromatic carbocycles. The van der Waals surface area contributed by atoms with E-state index in [1.807, 2.05) is 0 Å². The van der Waals surface area contributed by atoms with Gasteiger partial charge in [-0.05, 0) is 30.3 Å². The number of nitro benzene ring substituents is 1. The van der Waals surface area contributed by atoms with Gasteiger partial charge in [-0.25, -0.2) is 16.8 Å². The van der Waals surface area contributed by atoms with Gasteiger partial charge in [0.25, 0.3) is 0 Å². The molecule has 140 valence electrons. The number of ether oxygens (including phenoxy) is 2. The third-order valence-electron chi connectivity index (χ3n) is 3.33. The Kier molecular flexibility index (Phi) is 5.23. The van der Waals surface area contributed by atoms with Gasteiger partial charge in [0, 0.05) is 12.5 Å². The van der Waals surface area contributed by atoms with Crippen LogP contribution in [0.5, 0.6) is 17.2 Å². The number of hydrogen-bond donors (Lipinski definition) is 0. The first-order valence-corrected chi connectivity index (χ1v) is 10.8. The lowest BCUT2D eigenvalue weighted by Crippen LogP contribution is -2.05. The van der Waals surface area contributed by atoms with Crippen molar-refractivity contribution in [1.29, 1.82) is 0 Å². The number of benzene rings is 2. The first kappa shape index (κ1) is 19.7. The summed E-state index contributed by atoms with van der Waals surface area (Å²) in [4.78, 5) is 9.90. The summed E-state index contributed by atoms with van der Waals surface area (Å²) in [6.45, 7) is 0. The summed E-state index contributed by atoms with van der Waals surface area (Å²) >= 11 is 0. The molecule has 2 aromatic rings. The van der Waals surface area contributed by atoms with E-state index in [9.17, 15) is 26.9 Å². The van der Waals surface area contributed by atoms with Crippen LogP contribution in [-0.4, -0.2) is 41.4 Å². The summed E-state index contributed by atoms with van der Waals surface area (Å²) < 4.78 is 57.7. The number of rotatable bonds is 6. The van der Waals surface area contributed by atoms with E-state index < -0.39 is 35.2 Å². The van der Waals surface area contributed by atoms with E-state index in [0.717, 1.165) is 36.8 Å². The maximum atomic E-state index is 12.0. The highest BCUT2D eigenvalue weighted by atomic mass is 32.2. The van der Waals surface area contributed by atoms with E-state index in [1.54, 1.807) is 0 Å². The number of nitrogens with zero attached hydrogens (tertiary/aromatic N) is 1. The molecule has 0 aromatic heterocycles. The lowest BCUT2D eigenvalue weighted by molar-refractivity contribution is -0.385. The van der Waals surface area contributed by atoms with Crippen LogP contribution in [0.25, 0.3) is 0 Å². The molecule has 0 saturated heterocycles. The highest BCUT2D eigenvalue weighted by Crippen LogP contribution is 2.37. The number of methoxy groups -OCH3 is 1. The van der Waals surface area contributed by atoms with Crippen LogP contribution >= 0.6 is 0 Å². The second kappa shape index (κ2) is 6.92. The van der Waals surface area contributed by atoms with Crippen molar-refractivity contribution < 1.29 is 31.2 Å². The predicted molar refractivity (Wildman–Crippen MR) is 92.4 cm³/mol. The molecule has 2 rings (SSSR count). The predicted octanol–water partition coefficient (Wildman–Crippen LogP) is 2.20. The molecule has 0 amide bonds. The topological polar surface area (TPSA) is 130 Å². The van der Waals surface area contributed by atoms with Crippen molar-refractivity contribution >= 4 is 25.4 Å². The van der Waals surface area contributed by atoms with Crippen molar-refractivity contribution in [1.82, 2.24) is 0 Å². The summed E-state index contributed by atoms with van der Waals surface area (Å²) in [6.07, 6.45) is 1.81. The monoisotopic (exact) mass is 401 g/mol. The van der Waals surface area contributed by atoms with E-state index in [1.165, 1.54) is 19.2 Å². The molecule has 0 spiro atoms. The highest BCUT2D eigenvalue weighted by molar-refractivity contribution is 7.91. The first-order valence-electron chi connectivity index (χ1n) is 6.98. The Morgan fingerprint density at radius 3 is 2.04 bits per heavy atom.